The van der Waals surface area contributed by atoms with Gasteiger partial charge in [-0.2, -0.15) is 11.8 Å². The molecule has 0 aromatic heterocycles. The molecule has 0 spiro atoms. The van der Waals surface area contributed by atoms with Crippen LogP contribution in [0.2, 0.25) is 0 Å². The molecule has 1 rings (SSSR count). The summed E-state index contributed by atoms with van der Waals surface area (Å²) in [4.78, 5) is 33.3. The lowest BCUT2D eigenvalue weighted by Gasteiger charge is -2.24. The van der Waals surface area contributed by atoms with Gasteiger partial charge in [0.1, 0.15) is 11.6 Å². The van der Waals surface area contributed by atoms with Crippen molar-refractivity contribution in [2.75, 3.05) is 0 Å². The molecule has 8 nitrogen and oxygen atoms in total. The van der Waals surface area contributed by atoms with Crippen molar-refractivity contribution in [3.8, 4) is 0 Å². The van der Waals surface area contributed by atoms with Crippen LogP contribution < -0.4 is 5.32 Å². The van der Waals surface area contributed by atoms with E-state index in [1.807, 2.05) is 0 Å². The summed E-state index contributed by atoms with van der Waals surface area (Å²) in [6.07, 6.45) is -0.789. The summed E-state index contributed by atoms with van der Waals surface area (Å²) in [5.74, 6) is -0.701. The highest BCUT2D eigenvalue weighted by atomic mass is 32.2. The summed E-state index contributed by atoms with van der Waals surface area (Å²) < 4.78 is 5.08. The zero-order valence-electron chi connectivity index (χ0n) is 14.5. The van der Waals surface area contributed by atoms with E-state index in [2.05, 4.69) is 5.32 Å². The van der Waals surface area contributed by atoms with Crippen LogP contribution in [0.5, 0.6) is 0 Å². The van der Waals surface area contributed by atoms with Crippen molar-refractivity contribution in [2.24, 2.45) is 0 Å². The highest BCUT2D eigenvalue weighted by Gasteiger charge is 2.29. The second kappa shape index (κ2) is 8.70. The molecule has 0 radical (unpaired) electrons. The van der Waals surface area contributed by atoms with E-state index in [1.54, 1.807) is 39.8 Å². The summed E-state index contributed by atoms with van der Waals surface area (Å²) in [7, 11) is 0. The number of alkyl carbamates (subject to hydrolysis) is 1. The molecule has 9 heteroatoms. The molecule has 1 aromatic rings. The number of nitro benzene ring substituents is 1. The fraction of sp³-hybridized carbons (Fsp3) is 0.500. The van der Waals surface area contributed by atoms with E-state index in [4.69, 9.17) is 4.74 Å². The first-order chi connectivity index (χ1) is 11.5. The molecule has 0 aliphatic carbocycles. The van der Waals surface area contributed by atoms with Crippen molar-refractivity contribution in [3.63, 3.8) is 0 Å². The van der Waals surface area contributed by atoms with Gasteiger partial charge in [0.15, 0.2) is 0 Å². The van der Waals surface area contributed by atoms with Crippen LogP contribution in [-0.4, -0.2) is 39.0 Å². The van der Waals surface area contributed by atoms with E-state index in [1.165, 1.54) is 23.9 Å². The second-order valence-corrected chi connectivity index (χ2v) is 7.77. The Hall–Kier alpha value is -2.29. The third kappa shape index (κ3) is 7.42. The second-order valence-electron chi connectivity index (χ2n) is 6.40. The van der Waals surface area contributed by atoms with Gasteiger partial charge in [-0.25, -0.2) is 9.59 Å². The Labute approximate surface area is 150 Å². The van der Waals surface area contributed by atoms with Gasteiger partial charge in [0, 0.05) is 23.1 Å². The molecule has 0 bridgehead atoms. The van der Waals surface area contributed by atoms with Gasteiger partial charge in [-0.1, -0.05) is 19.1 Å². The van der Waals surface area contributed by atoms with Gasteiger partial charge in [-0.05, 0) is 26.3 Å². The zero-order valence-corrected chi connectivity index (χ0v) is 15.3. The standard InChI is InChI=1S/C16H22N2O6S/c1-10(13(14(19)20)17-15(21)24-16(2,3)4)25-9-11-5-7-12(8-6-11)18(22)23/h5-8,10,13H,9H2,1-4H3,(H,17,21)(H,19,20)/t10?,13-/m0/s1. The van der Waals surface area contributed by atoms with E-state index < -0.39 is 33.9 Å². The maximum Gasteiger partial charge on any atom is 0.408 e. The number of carboxylic acids is 1. The van der Waals surface area contributed by atoms with Gasteiger partial charge in [0.2, 0.25) is 0 Å². The topological polar surface area (TPSA) is 119 Å². The molecule has 1 amide bonds. The van der Waals surface area contributed by atoms with Gasteiger partial charge in [-0.15, -0.1) is 0 Å². The Bertz CT molecular complexity index is 627. The van der Waals surface area contributed by atoms with Crippen molar-refractivity contribution in [3.05, 3.63) is 39.9 Å². The molecular formula is C16H22N2O6S. The quantitative estimate of drug-likeness (QED) is 0.559. The molecular weight excluding hydrogens is 348 g/mol. The molecule has 1 unspecified atom stereocenters. The molecule has 25 heavy (non-hydrogen) atoms. The van der Waals surface area contributed by atoms with Crippen LogP contribution >= 0.6 is 11.8 Å². The Morgan fingerprint density at radius 1 is 1.32 bits per heavy atom. The number of nitrogens with one attached hydrogen (secondary N) is 1. The number of amides is 1. The number of carbonyl (C=O) groups excluding carboxylic acids is 1. The minimum atomic E-state index is -1.16. The number of ether oxygens (including phenoxy) is 1. The van der Waals surface area contributed by atoms with Crippen LogP contribution in [0.15, 0.2) is 24.3 Å². The molecule has 2 atom stereocenters. The fourth-order valence-corrected chi connectivity index (χ4v) is 2.88. The predicted octanol–water partition coefficient (Wildman–Crippen LogP) is 3.19. The van der Waals surface area contributed by atoms with Crippen LogP contribution in [0.25, 0.3) is 0 Å². The first-order valence-electron chi connectivity index (χ1n) is 7.57. The van der Waals surface area contributed by atoms with Crippen molar-refractivity contribution in [2.45, 2.75) is 50.3 Å². The van der Waals surface area contributed by atoms with Gasteiger partial charge in [-0.3, -0.25) is 10.1 Å². The maximum absolute atomic E-state index is 11.8. The number of carboxylic acid groups (broad SMARTS) is 1. The first-order valence-corrected chi connectivity index (χ1v) is 8.61. The van der Waals surface area contributed by atoms with Gasteiger partial charge < -0.3 is 15.2 Å². The smallest absolute Gasteiger partial charge is 0.408 e. The number of hydrogen-bond acceptors (Lipinski definition) is 6. The lowest BCUT2D eigenvalue weighted by atomic mass is 10.2. The van der Waals surface area contributed by atoms with Crippen molar-refractivity contribution in [1.82, 2.24) is 5.32 Å². The Kier molecular flexibility index (Phi) is 7.22. The highest BCUT2D eigenvalue weighted by molar-refractivity contribution is 7.99. The lowest BCUT2D eigenvalue weighted by molar-refractivity contribution is -0.384. The largest absolute Gasteiger partial charge is 0.480 e. The molecule has 0 saturated heterocycles. The number of nitro groups is 1. The lowest BCUT2D eigenvalue weighted by Crippen LogP contribution is -2.48. The summed E-state index contributed by atoms with van der Waals surface area (Å²) in [5, 5.41) is 21.9. The predicted molar refractivity (Wildman–Crippen MR) is 94.6 cm³/mol. The average molecular weight is 370 g/mol. The fourth-order valence-electron chi connectivity index (χ4n) is 1.85. The maximum atomic E-state index is 11.8. The van der Waals surface area contributed by atoms with Gasteiger partial charge in [0.05, 0.1) is 4.92 Å². The monoisotopic (exact) mass is 370 g/mol. The third-order valence-corrected chi connectivity index (χ3v) is 4.37. The number of hydrogen-bond donors (Lipinski definition) is 2. The first kappa shape index (κ1) is 20.8. The molecule has 0 saturated carbocycles. The van der Waals surface area contributed by atoms with Crippen LogP contribution in [0, 0.1) is 10.1 Å². The number of non-ortho nitro benzene ring substituents is 1. The molecule has 0 heterocycles. The number of rotatable bonds is 7. The molecule has 138 valence electrons. The van der Waals surface area contributed by atoms with Crippen molar-refractivity contribution >= 4 is 29.5 Å². The normalized spacial score (nSPS) is 13.6. The van der Waals surface area contributed by atoms with E-state index in [-0.39, 0.29) is 5.69 Å². The number of nitrogens with zero attached hydrogens (tertiary/aromatic N) is 1. The Morgan fingerprint density at radius 2 is 1.88 bits per heavy atom. The van der Waals surface area contributed by atoms with E-state index in [0.29, 0.717) is 5.75 Å². The SMILES string of the molecule is CC(SCc1ccc([N+](=O)[O-])cc1)[C@H](NC(=O)OC(C)(C)C)C(=O)O. The molecule has 2 N–H and O–H groups in total. The number of benzene rings is 1. The minimum Gasteiger partial charge on any atom is -0.480 e. The Morgan fingerprint density at radius 3 is 2.32 bits per heavy atom. The Balaban J connectivity index is 2.64. The van der Waals surface area contributed by atoms with Crippen LogP contribution in [-0.2, 0) is 15.3 Å². The van der Waals surface area contributed by atoms with Crippen LogP contribution in [0.1, 0.15) is 33.3 Å². The highest BCUT2D eigenvalue weighted by Crippen LogP contribution is 2.22. The van der Waals surface area contributed by atoms with Crippen LogP contribution in [0.4, 0.5) is 10.5 Å². The third-order valence-electron chi connectivity index (χ3n) is 3.07. The van der Waals surface area contributed by atoms with E-state index in [0.717, 1.165) is 5.56 Å². The van der Waals surface area contributed by atoms with E-state index in [9.17, 15) is 24.8 Å². The van der Waals surface area contributed by atoms with Crippen molar-refractivity contribution < 1.29 is 24.4 Å². The van der Waals surface area contributed by atoms with Gasteiger partial charge >= 0.3 is 12.1 Å². The number of aliphatic carboxylic acids is 1. The van der Waals surface area contributed by atoms with Crippen LogP contribution in [0.3, 0.4) is 0 Å². The minimum absolute atomic E-state index is 0.00296. The van der Waals surface area contributed by atoms with Gasteiger partial charge in [0.25, 0.3) is 5.69 Å². The molecule has 0 fully saturated rings. The molecule has 1 aromatic carbocycles. The summed E-state index contributed by atoms with van der Waals surface area (Å²) >= 11 is 1.32. The summed E-state index contributed by atoms with van der Waals surface area (Å²) in [6.45, 7) is 6.76. The van der Waals surface area contributed by atoms with E-state index >= 15 is 0 Å². The van der Waals surface area contributed by atoms with Crippen molar-refractivity contribution in [1.29, 1.82) is 0 Å². The number of thioether (sulfide) groups is 1. The summed E-state index contributed by atoms with van der Waals surface area (Å²) in [5.41, 5.74) is 0.100. The summed E-state index contributed by atoms with van der Waals surface area (Å²) in [6, 6.07) is 4.92. The zero-order chi connectivity index (χ0) is 19.2. The number of carbonyl (C=O) groups is 2. The average Bonchev–Trinajstić information content (AvgIpc) is 2.48. The molecule has 0 aliphatic heterocycles. The molecule has 0 aliphatic rings.